The molecule has 0 N–H and O–H groups in total. The molecule has 0 saturated heterocycles. The molecule has 0 unspecified atom stereocenters. The summed E-state index contributed by atoms with van der Waals surface area (Å²) >= 11 is 3.39. The number of carbonyl (C=O) groups excluding carboxylic acids is 1. The molecule has 15 heavy (non-hydrogen) atoms. The van der Waals surface area contributed by atoms with E-state index in [2.05, 4.69) is 15.9 Å². The van der Waals surface area contributed by atoms with Crippen LogP contribution in [0.15, 0.2) is 28.9 Å². The number of hydrogen-bond acceptors (Lipinski definition) is 2. The van der Waals surface area contributed by atoms with E-state index in [4.69, 9.17) is 4.74 Å². The molecule has 0 saturated carbocycles. The van der Waals surface area contributed by atoms with Gasteiger partial charge in [0.05, 0.1) is 12.7 Å². The normalized spacial score (nSPS) is 10.6. The lowest BCUT2D eigenvalue weighted by Crippen LogP contribution is -1.99. The molecule has 3 nitrogen and oxygen atoms in total. The van der Waals surface area contributed by atoms with Crippen molar-refractivity contribution in [2.24, 2.45) is 7.05 Å². The van der Waals surface area contributed by atoms with Crippen LogP contribution in [-0.4, -0.2) is 17.6 Å². The van der Waals surface area contributed by atoms with E-state index in [0.717, 1.165) is 15.4 Å². The Kier molecular flexibility index (Phi) is 2.52. The average Bonchev–Trinajstić information content (AvgIpc) is 2.54. The summed E-state index contributed by atoms with van der Waals surface area (Å²) in [6.07, 6.45) is 1.78. The van der Waals surface area contributed by atoms with Crippen LogP contribution in [0.1, 0.15) is 10.4 Å². The highest BCUT2D eigenvalue weighted by molar-refractivity contribution is 9.10. The average molecular weight is 268 g/mol. The minimum absolute atomic E-state index is 0.307. The number of methoxy groups -OCH3 is 1. The summed E-state index contributed by atoms with van der Waals surface area (Å²) in [5, 5.41) is 0.902. The second kappa shape index (κ2) is 3.70. The van der Waals surface area contributed by atoms with Crippen LogP contribution in [0.5, 0.6) is 0 Å². The van der Waals surface area contributed by atoms with Crippen LogP contribution in [0.25, 0.3) is 10.9 Å². The van der Waals surface area contributed by atoms with E-state index >= 15 is 0 Å². The van der Waals surface area contributed by atoms with Gasteiger partial charge < -0.3 is 9.30 Å². The Bertz CT molecular complexity index is 531. The van der Waals surface area contributed by atoms with Crippen molar-refractivity contribution in [2.45, 2.75) is 0 Å². The summed E-state index contributed by atoms with van der Waals surface area (Å²) < 4.78 is 7.59. The molecule has 0 atom stereocenters. The van der Waals surface area contributed by atoms with Crippen molar-refractivity contribution in [1.82, 2.24) is 4.57 Å². The number of carbonyl (C=O) groups is 1. The number of halogens is 1. The SMILES string of the molecule is COC(=O)c1cn(C)c2ccc(Br)cc12. The zero-order valence-corrected chi connectivity index (χ0v) is 10.0. The van der Waals surface area contributed by atoms with Crippen LogP contribution in [-0.2, 0) is 11.8 Å². The number of nitrogens with zero attached hydrogens (tertiary/aromatic N) is 1. The topological polar surface area (TPSA) is 31.2 Å². The summed E-state index contributed by atoms with van der Waals surface area (Å²) in [7, 11) is 3.29. The van der Waals surface area contributed by atoms with E-state index < -0.39 is 0 Å². The van der Waals surface area contributed by atoms with Gasteiger partial charge in [-0.25, -0.2) is 4.79 Å². The van der Waals surface area contributed by atoms with Crippen LogP contribution in [0.3, 0.4) is 0 Å². The number of hydrogen-bond donors (Lipinski definition) is 0. The Morgan fingerprint density at radius 3 is 2.87 bits per heavy atom. The van der Waals surface area contributed by atoms with Crippen LogP contribution in [0.4, 0.5) is 0 Å². The zero-order chi connectivity index (χ0) is 11.0. The first-order valence-corrected chi connectivity index (χ1v) is 5.25. The third kappa shape index (κ3) is 1.65. The highest BCUT2D eigenvalue weighted by Crippen LogP contribution is 2.24. The Morgan fingerprint density at radius 2 is 2.20 bits per heavy atom. The van der Waals surface area contributed by atoms with Gasteiger partial charge in [0.25, 0.3) is 0 Å². The highest BCUT2D eigenvalue weighted by atomic mass is 79.9. The summed E-state index contributed by atoms with van der Waals surface area (Å²) in [6.45, 7) is 0. The lowest BCUT2D eigenvalue weighted by atomic mass is 10.2. The second-order valence-corrected chi connectivity index (χ2v) is 4.22. The Balaban J connectivity index is 2.75. The first-order chi connectivity index (χ1) is 7.13. The van der Waals surface area contributed by atoms with Gasteiger partial charge in [-0.05, 0) is 18.2 Å². The molecule has 0 aliphatic rings. The number of benzene rings is 1. The Hall–Kier alpha value is -1.29. The van der Waals surface area contributed by atoms with Gasteiger partial charge in [-0.1, -0.05) is 15.9 Å². The number of aryl methyl sites for hydroxylation is 1. The molecule has 4 heteroatoms. The van der Waals surface area contributed by atoms with E-state index in [1.165, 1.54) is 7.11 Å². The van der Waals surface area contributed by atoms with Gasteiger partial charge in [-0.2, -0.15) is 0 Å². The molecule has 0 amide bonds. The standard InChI is InChI=1S/C11H10BrNO2/c1-13-6-9(11(14)15-2)8-5-7(12)3-4-10(8)13/h3-6H,1-2H3. The first-order valence-electron chi connectivity index (χ1n) is 4.46. The monoisotopic (exact) mass is 267 g/mol. The molecule has 2 aromatic rings. The van der Waals surface area contributed by atoms with Crippen LogP contribution >= 0.6 is 15.9 Å². The summed E-state index contributed by atoms with van der Waals surface area (Å²) in [5.41, 5.74) is 1.61. The van der Waals surface area contributed by atoms with Crippen LogP contribution < -0.4 is 0 Å². The molecule has 1 aromatic heterocycles. The fourth-order valence-electron chi connectivity index (χ4n) is 1.64. The van der Waals surface area contributed by atoms with Gasteiger partial charge in [0, 0.05) is 28.6 Å². The smallest absolute Gasteiger partial charge is 0.340 e. The zero-order valence-electron chi connectivity index (χ0n) is 8.45. The van der Waals surface area contributed by atoms with Crippen molar-refractivity contribution in [3.05, 3.63) is 34.4 Å². The van der Waals surface area contributed by atoms with Gasteiger partial charge in [0.1, 0.15) is 0 Å². The Labute approximate surface area is 95.8 Å². The quantitative estimate of drug-likeness (QED) is 0.744. The van der Waals surface area contributed by atoms with E-state index in [1.54, 1.807) is 6.20 Å². The maximum Gasteiger partial charge on any atom is 0.340 e. The molecule has 0 spiro atoms. The van der Waals surface area contributed by atoms with Crippen molar-refractivity contribution in [1.29, 1.82) is 0 Å². The molecule has 0 radical (unpaired) electrons. The molecular formula is C11H10BrNO2. The van der Waals surface area contributed by atoms with E-state index in [9.17, 15) is 4.79 Å². The van der Waals surface area contributed by atoms with Crippen molar-refractivity contribution < 1.29 is 9.53 Å². The van der Waals surface area contributed by atoms with Gasteiger partial charge in [-0.15, -0.1) is 0 Å². The number of ether oxygens (including phenoxy) is 1. The number of aromatic nitrogens is 1. The summed E-state index contributed by atoms with van der Waals surface area (Å²) in [6, 6.07) is 5.83. The number of rotatable bonds is 1. The second-order valence-electron chi connectivity index (χ2n) is 3.31. The van der Waals surface area contributed by atoms with Gasteiger partial charge in [0.2, 0.25) is 0 Å². The fourth-order valence-corrected chi connectivity index (χ4v) is 2.00. The molecule has 2 rings (SSSR count). The molecule has 1 aromatic carbocycles. The third-order valence-corrected chi connectivity index (χ3v) is 2.85. The van der Waals surface area contributed by atoms with Gasteiger partial charge in [0.15, 0.2) is 0 Å². The van der Waals surface area contributed by atoms with Crippen molar-refractivity contribution in [3.63, 3.8) is 0 Å². The Morgan fingerprint density at radius 1 is 1.47 bits per heavy atom. The van der Waals surface area contributed by atoms with Crippen LogP contribution in [0, 0.1) is 0 Å². The molecule has 0 aliphatic carbocycles. The maximum atomic E-state index is 11.5. The molecular weight excluding hydrogens is 258 g/mol. The number of esters is 1. The third-order valence-electron chi connectivity index (χ3n) is 2.36. The van der Waals surface area contributed by atoms with Crippen molar-refractivity contribution in [3.8, 4) is 0 Å². The lowest BCUT2D eigenvalue weighted by molar-refractivity contribution is 0.0603. The molecule has 0 bridgehead atoms. The molecule has 0 fully saturated rings. The van der Waals surface area contributed by atoms with Gasteiger partial charge >= 0.3 is 5.97 Å². The van der Waals surface area contributed by atoms with Crippen molar-refractivity contribution >= 4 is 32.8 Å². The summed E-state index contributed by atoms with van der Waals surface area (Å²) in [4.78, 5) is 11.5. The van der Waals surface area contributed by atoms with Gasteiger partial charge in [-0.3, -0.25) is 0 Å². The predicted molar refractivity (Wildman–Crippen MR) is 62.0 cm³/mol. The van der Waals surface area contributed by atoms with E-state index in [1.807, 2.05) is 29.8 Å². The highest BCUT2D eigenvalue weighted by Gasteiger charge is 2.13. The minimum Gasteiger partial charge on any atom is -0.465 e. The lowest BCUT2D eigenvalue weighted by Gasteiger charge is -1.97. The van der Waals surface area contributed by atoms with E-state index in [-0.39, 0.29) is 5.97 Å². The van der Waals surface area contributed by atoms with Crippen LogP contribution in [0.2, 0.25) is 0 Å². The van der Waals surface area contributed by atoms with Crippen molar-refractivity contribution in [2.75, 3.05) is 7.11 Å². The molecule has 78 valence electrons. The summed E-state index contributed by atoms with van der Waals surface area (Å²) in [5.74, 6) is -0.307. The maximum absolute atomic E-state index is 11.5. The molecule has 0 aliphatic heterocycles. The minimum atomic E-state index is -0.307. The predicted octanol–water partition coefficient (Wildman–Crippen LogP) is 2.73. The first kappa shape index (κ1) is 10.2. The molecule has 1 heterocycles. The fraction of sp³-hybridized carbons (Fsp3) is 0.182. The van der Waals surface area contributed by atoms with E-state index in [0.29, 0.717) is 5.56 Å². The number of fused-ring (bicyclic) bond motifs is 1. The largest absolute Gasteiger partial charge is 0.465 e.